The van der Waals surface area contributed by atoms with E-state index in [1.807, 2.05) is 32.9 Å². The normalized spacial score (nSPS) is 10.6. The van der Waals surface area contributed by atoms with Crippen LogP contribution < -0.4 is 10.1 Å². The van der Waals surface area contributed by atoms with Gasteiger partial charge >= 0.3 is 0 Å². The van der Waals surface area contributed by atoms with Crippen molar-refractivity contribution >= 4 is 24.2 Å². The summed E-state index contributed by atoms with van der Waals surface area (Å²) in [6.45, 7) is 6.48. The summed E-state index contributed by atoms with van der Waals surface area (Å²) >= 11 is 0. The Kier molecular flexibility index (Phi) is 7.06. The molecule has 0 bridgehead atoms. The van der Waals surface area contributed by atoms with Gasteiger partial charge in [-0.3, -0.25) is 4.79 Å². The van der Waals surface area contributed by atoms with Gasteiger partial charge in [0.15, 0.2) is 0 Å². The van der Waals surface area contributed by atoms with Crippen LogP contribution in [0.1, 0.15) is 37.5 Å². The van der Waals surface area contributed by atoms with Crippen molar-refractivity contribution in [3.8, 4) is 17.2 Å². The zero-order valence-electron chi connectivity index (χ0n) is 15.8. The number of hydrogen-bond acceptors (Lipinski definition) is 4. The number of anilines is 1. The monoisotopic (exact) mass is 367 g/mol. The van der Waals surface area contributed by atoms with Gasteiger partial charge in [0.2, 0.25) is 6.41 Å². The van der Waals surface area contributed by atoms with Gasteiger partial charge in [0.05, 0.1) is 12.3 Å². The molecule has 0 aliphatic rings. The van der Waals surface area contributed by atoms with Gasteiger partial charge in [-0.05, 0) is 56.5 Å². The largest absolute Gasteiger partial charge is 0.508 e. The number of ether oxygens (including phenoxy) is 1. The molecule has 0 atom stereocenters. The van der Waals surface area contributed by atoms with Crippen molar-refractivity contribution in [3.05, 3.63) is 58.7 Å². The topological polar surface area (TPSA) is 78.8 Å². The predicted octanol–water partition coefficient (Wildman–Crippen LogP) is 4.74. The SMILES string of the molecule is CCOc1cc(O)cc(/C=C/c2ccc(NC=O)c(O)c2)c1CC=C(C)C. The Morgan fingerprint density at radius 2 is 1.93 bits per heavy atom. The zero-order valence-corrected chi connectivity index (χ0v) is 15.8. The van der Waals surface area contributed by atoms with Gasteiger partial charge in [0.1, 0.15) is 17.2 Å². The Labute approximate surface area is 159 Å². The summed E-state index contributed by atoms with van der Waals surface area (Å²) < 4.78 is 5.70. The van der Waals surface area contributed by atoms with Gasteiger partial charge in [0.25, 0.3) is 0 Å². The Balaban J connectivity index is 2.41. The lowest BCUT2D eigenvalue weighted by atomic mass is 10.00. The first kappa shape index (κ1) is 20.1. The summed E-state index contributed by atoms with van der Waals surface area (Å²) in [6.07, 6.45) is 7.02. The first-order valence-corrected chi connectivity index (χ1v) is 8.78. The second kappa shape index (κ2) is 9.48. The highest BCUT2D eigenvalue weighted by atomic mass is 16.5. The molecule has 5 nitrogen and oxygen atoms in total. The fourth-order valence-electron chi connectivity index (χ4n) is 2.63. The van der Waals surface area contributed by atoms with E-state index in [-0.39, 0.29) is 11.5 Å². The molecule has 1 amide bonds. The van der Waals surface area contributed by atoms with Gasteiger partial charge in [0, 0.05) is 11.6 Å². The highest BCUT2D eigenvalue weighted by molar-refractivity contribution is 5.79. The maximum atomic E-state index is 10.5. The molecule has 0 fully saturated rings. The van der Waals surface area contributed by atoms with Gasteiger partial charge in [-0.25, -0.2) is 0 Å². The van der Waals surface area contributed by atoms with Crippen LogP contribution in [0, 0.1) is 0 Å². The fraction of sp³-hybridized carbons (Fsp3) is 0.227. The Morgan fingerprint density at radius 1 is 1.15 bits per heavy atom. The van der Waals surface area contributed by atoms with Crippen molar-refractivity contribution in [1.29, 1.82) is 0 Å². The number of aromatic hydroxyl groups is 2. The van der Waals surface area contributed by atoms with Crippen LogP contribution in [0.4, 0.5) is 5.69 Å². The molecular weight excluding hydrogens is 342 g/mol. The van der Waals surface area contributed by atoms with E-state index in [0.717, 1.165) is 16.7 Å². The molecule has 0 saturated carbocycles. The molecule has 142 valence electrons. The van der Waals surface area contributed by atoms with Gasteiger partial charge < -0.3 is 20.3 Å². The molecule has 27 heavy (non-hydrogen) atoms. The summed E-state index contributed by atoms with van der Waals surface area (Å²) in [5.74, 6) is 0.774. The Morgan fingerprint density at radius 3 is 2.56 bits per heavy atom. The summed E-state index contributed by atoms with van der Waals surface area (Å²) in [6, 6.07) is 8.28. The summed E-state index contributed by atoms with van der Waals surface area (Å²) in [7, 11) is 0. The molecule has 2 rings (SSSR count). The maximum absolute atomic E-state index is 10.5. The molecule has 3 N–H and O–H groups in total. The second-order valence-corrected chi connectivity index (χ2v) is 6.30. The highest BCUT2D eigenvalue weighted by Crippen LogP contribution is 2.31. The molecule has 5 heteroatoms. The van der Waals surface area contributed by atoms with E-state index in [2.05, 4.69) is 11.4 Å². The van der Waals surface area contributed by atoms with Crippen LogP contribution >= 0.6 is 0 Å². The fourth-order valence-corrected chi connectivity index (χ4v) is 2.63. The third-order valence-corrected chi connectivity index (χ3v) is 3.93. The third kappa shape index (κ3) is 5.64. The first-order valence-electron chi connectivity index (χ1n) is 8.78. The Bertz CT molecular complexity index is 865. The van der Waals surface area contributed by atoms with E-state index >= 15 is 0 Å². The lowest BCUT2D eigenvalue weighted by Gasteiger charge is -2.13. The second-order valence-electron chi connectivity index (χ2n) is 6.30. The quantitative estimate of drug-likeness (QED) is 0.272. The van der Waals surface area contributed by atoms with Gasteiger partial charge in [-0.1, -0.05) is 29.9 Å². The smallest absolute Gasteiger partial charge is 0.211 e. The van der Waals surface area contributed by atoms with Gasteiger partial charge in [-0.2, -0.15) is 0 Å². The number of nitrogens with one attached hydrogen (secondary N) is 1. The number of phenolic OH excluding ortho intramolecular Hbond substituents is 2. The van der Waals surface area contributed by atoms with Crippen LogP contribution in [0.3, 0.4) is 0 Å². The number of amides is 1. The van der Waals surface area contributed by atoms with Crippen molar-refractivity contribution in [1.82, 2.24) is 0 Å². The van der Waals surface area contributed by atoms with E-state index in [0.29, 0.717) is 30.9 Å². The van der Waals surface area contributed by atoms with E-state index in [4.69, 9.17) is 4.74 Å². The van der Waals surface area contributed by atoms with E-state index in [9.17, 15) is 15.0 Å². The van der Waals surface area contributed by atoms with Crippen molar-refractivity contribution < 1.29 is 19.7 Å². The van der Waals surface area contributed by atoms with Crippen LogP contribution in [-0.2, 0) is 11.2 Å². The lowest BCUT2D eigenvalue weighted by molar-refractivity contribution is -0.105. The van der Waals surface area contributed by atoms with Crippen LogP contribution in [0.25, 0.3) is 12.2 Å². The zero-order chi connectivity index (χ0) is 19.8. The number of hydrogen-bond donors (Lipinski definition) is 3. The van der Waals surface area contributed by atoms with E-state index in [1.54, 1.807) is 30.3 Å². The highest BCUT2D eigenvalue weighted by Gasteiger charge is 2.10. The predicted molar refractivity (Wildman–Crippen MR) is 109 cm³/mol. The average Bonchev–Trinajstić information content (AvgIpc) is 2.61. The van der Waals surface area contributed by atoms with E-state index in [1.165, 1.54) is 5.57 Å². The van der Waals surface area contributed by atoms with E-state index < -0.39 is 0 Å². The van der Waals surface area contributed by atoms with Crippen LogP contribution in [0.2, 0.25) is 0 Å². The molecule has 0 saturated heterocycles. The van der Waals surface area contributed by atoms with Crippen molar-refractivity contribution in [3.63, 3.8) is 0 Å². The molecule has 0 spiro atoms. The minimum Gasteiger partial charge on any atom is -0.508 e. The van der Waals surface area contributed by atoms with Crippen LogP contribution in [0.15, 0.2) is 42.0 Å². The minimum atomic E-state index is -0.0140. The van der Waals surface area contributed by atoms with Crippen LogP contribution in [0.5, 0.6) is 17.2 Å². The molecule has 0 aliphatic carbocycles. The molecule has 2 aromatic rings. The van der Waals surface area contributed by atoms with Crippen molar-refractivity contribution in [2.24, 2.45) is 0 Å². The third-order valence-electron chi connectivity index (χ3n) is 3.93. The molecular formula is C22H25NO4. The Hall–Kier alpha value is -3.21. The van der Waals surface area contributed by atoms with Crippen molar-refractivity contribution in [2.75, 3.05) is 11.9 Å². The molecule has 0 aliphatic heterocycles. The maximum Gasteiger partial charge on any atom is 0.211 e. The first-order chi connectivity index (χ1) is 12.9. The van der Waals surface area contributed by atoms with Crippen molar-refractivity contribution in [2.45, 2.75) is 27.2 Å². The minimum absolute atomic E-state index is 0.0140. The average molecular weight is 367 g/mol. The number of carbonyl (C=O) groups is 1. The molecule has 0 aromatic heterocycles. The molecule has 2 aromatic carbocycles. The number of allylic oxidation sites excluding steroid dienone is 2. The standard InChI is InChI=1S/C22H25NO4/c1-4-27-22-13-18(25)12-17(19(22)9-5-15(2)3)8-6-16-7-10-20(23-14-24)21(26)11-16/h5-8,10-14,25-26H,4,9H2,1-3H3,(H,23,24)/b8-6+. The summed E-state index contributed by atoms with van der Waals surface area (Å²) in [4.78, 5) is 10.5. The molecule has 0 heterocycles. The number of phenols is 2. The van der Waals surface area contributed by atoms with Crippen LogP contribution in [-0.4, -0.2) is 23.2 Å². The summed E-state index contributed by atoms with van der Waals surface area (Å²) in [5, 5.41) is 22.4. The number of carbonyl (C=O) groups excluding carboxylic acids is 1. The number of benzene rings is 2. The molecule has 0 unspecified atom stereocenters. The molecule has 0 radical (unpaired) electrons. The number of rotatable bonds is 8. The summed E-state index contributed by atoms with van der Waals surface area (Å²) in [5.41, 5.74) is 4.13. The lowest BCUT2D eigenvalue weighted by Crippen LogP contribution is -1.99. The van der Waals surface area contributed by atoms with Gasteiger partial charge in [-0.15, -0.1) is 0 Å².